The van der Waals surface area contributed by atoms with Crippen LogP contribution in [-0.4, -0.2) is 52.0 Å². The molecule has 8 heteroatoms. The normalized spacial score (nSPS) is 13.5. The maximum absolute atomic E-state index is 12.7. The van der Waals surface area contributed by atoms with Gasteiger partial charge in [0.15, 0.2) is 0 Å². The Bertz CT molecular complexity index is 1180. The number of aromatic nitrogens is 2. The molecule has 0 radical (unpaired) electrons. The highest BCUT2D eigenvalue weighted by Gasteiger charge is 2.22. The minimum Gasteiger partial charge on any atom is -0.353 e. The molecule has 0 saturated carbocycles. The first kappa shape index (κ1) is 22.3. The minimum atomic E-state index is -0.167. The van der Waals surface area contributed by atoms with Crippen LogP contribution >= 0.6 is 0 Å². The van der Waals surface area contributed by atoms with Crippen molar-refractivity contribution in [1.29, 1.82) is 0 Å². The minimum absolute atomic E-state index is 0.0786. The predicted molar refractivity (Wildman–Crippen MR) is 124 cm³/mol. The molecule has 8 nitrogen and oxygen atoms in total. The van der Waals surface area contributed by atoms with Crippen LogP contribution in [-0.2, 0) is 17.9 Å². The van der Waals surface area contributed by atoms with E-state index in [9.17, 15) is 14.4 Å². The summed E-state index contributed by atoms with van der Waals surface area (Å²) in [4.78, 5) is 38.3. The number of piperazine rings is 1. The smallest absolute Gasteiger partial charge is 0.254 e. The van der Waals surface area contributed by atoms with Crippen molar-refractivity contribution in [3.05, 3.63) is 88.2 Å². The third-order valence-electron chi connectivity index (χ3n) is 5.60. The molecule has 170 valence electrons. The van der Waals surface area contributed by atoms with E-state index in [4.69, 9.17) is 0 Å². The van der Waals surface area contributed by atoms with Gasteiger partial charge in [0, 0.05) is 36.5 Å². The SMILES string of the molecule is Cc1cc(C)n(Cc2cccc(C(=O)NCc3ccc(C(=O)N4CCNC(=O)C4)cc3)c2)n1. The van der Waals surface area contributed by atoms with E-state index in [1.165, 1.54) is 4.90 Å². The van der Waals surface area contributed by atoms with E-state index in [0.29, 0.717) is 37.3 Å². The van der Waals surface area contributed by atoms with E-state index in [1.54, 1.807) is 18.2 Å². The zero-order valence-corrected chi connectivity index (χ0v) is 18.8. The molecule has 3 aromatic rings. The topological polar surface area (TPSA) is 96.3 Å². The van der Waals surface area contributed by atoms with Crippen LogP contribution in [0.15, 0.2) is 54.6 Å². The number of carbonyl (C=O) groups excluding carboxylic acids is 3. The van der Waals surface area contributed by atoms with Crippen molar-refractivity contribution in [2.24, 2.45) is 0 Å². The summed E-state index contributed by atoms with van der Waals surface area (Å²) in [6.07, 6.45) is 0. The maximum atomic E-state index is 12.7. The van der Waals surface area contributed by atoms with Crippen molar-refractivity contribution in [1.82, 2.24) is 25.3 Å². The van der Waals surface area contributed by atoms with Crippen molar-refractivity contribution in [3.63, 3.8) is 0 Å². The first-order chi connectivity index (χ1) is 15.9. The van der Waals surface area contributed by atoms with E-state index >= 15 is 0 Å². The van der Waals surface area contributed by atoms with Gasteiger partial charge >= 0.3 is 0 Å². The maximum Gasteiger partial charge on any atom is 0.254 e. The molecule has 0 bridgehead atoms. The number of hydrogen-bond donors (Lipinski definition) is 2. The van der Waals surface area contributed by atoms with Crippen molar-refractivity contribution < 1.29 is 14.4 Å². The fourth-order valence-corrected chi connectivity index (χ4v) is 3.86. The van der Waals surface area contributed by atoms with E-state index in [0.717, 1.165) is 22.5 Å². The Morgan fingerprint density at radius 3 is 2.52 bits per heavy atom. The number of nitrogens with one attached hydrogen (secondary N) is 2. The summed E-state index contributed by atoms with van der Waals surface area (Å²) in [7, 11) is 0. The van der Waals surface area contributed by atoms with Crippen LogP contribution in [0.5, 0.6) is 0 Å². The third-order valence-corrected chi connectivity index (χ3v) is 5.60. The van der Waals surface area contributed by atoms with Gasteiger partial charge in [0.1, 0.15) is 0 Å². The van der Waals surface area contributed by atoms with Crippen LogP contribution in [0.1, 0.15) is 43.2 Å². The summed E-state index contributed by atoms with van der Waals surface area (Å²) < 4.78 is 1.92. The molecule has 1 aliphatic rings. The van der Waals surface area contributed by atoms with Gasteiger partial charge < -0.3 is 15.5 Å². The molecule has 2 N–H and O–H groups in total. The predicted octanol–water partition coefficient (Wildman–Crippen LogP) is 2.05. The van der Waals surface area contributed by atoms with Gasteiger partial charge in [-0.1, -0.05) is 24.3 Å². The molecular formula is C25H27N5O3. The second kappa shape index (κ2) is 9.68. The summed E-state index contributed by atoms with van der Waals surface area (Å²) in [6.45, 7) is 5.98. The number of hydrogen-bond acceptors (Lipinski definition) is 4. The summed E-state index contributed by atoms with van der Waals surface area (Å²) in [5, 5.41) is 10.1. The molecule has 3 amide bonds. The van der Waals surface area contributed by atoms with E-state index in [1.807, 2.05) is 54.9 Å². The summed E-state index contributed by atoms with van der Waals surface area (Å²) >= 11 is 0. The zero-order valence-electron chi connectivity index (χ0n) is 18.8. The van der Waals surface area contributed by atoms with Crippen LogP contribution in [0.25, 0.3) is 0 Å². The average molecular weight is 446 g/mol. The van der Waals surface area contributed by atoms with E-state index in [2.05, 4.69) is 15.7 Å². The van der Waals surface area contributed by atoms with Crippen LogP contribution < -0.4 is 10.6 Å². The molecule has 0 aliphatic carbocycles. The Balaban J connectivity index is 1.34. The number of benzene rings is 2. The molecule has 2 aromatic carbocycles. The van der Waals surface area contributed by atoms with Gasteiger partial charge in [-0.3, -0.25) is 19.1 Å². The van der Waals surface area contributed by atoms with Gasteiger partial charge in [-0.05, 0) is 55.3 Å². The second-order valence-corrected chi connectivity index (χ2v) is 8.24. The average Bonchev–Trinajstić information content (AvgIpc) is 3.13. The summed E-state index contributed by atoms with van der Waals surface area (Å²) in [5.74, 6) is -0.475. The quantitative estimate of drug-likeness (QED) is 0.607. The Morgan fingerprint density at radius 2 is 1.82 bits per heavy atom. The molecule has 0 atom stereocenters. The van der Waals surface area contributed by atoms with Gasteiger partial charge in [-0.25, -0.2) is 0 Å². The number of carbonyl (C=O) groups is 3. The van der Waals surface area contributed by atoms with E-state index < -0.39 is 0 Å². The molecular weight excluding hydrogens is 418 g/mol. The largest absolute Gasteiger partial charge is 0.353 e. The van der Waals surface area contributed by atoms with Crippen LogP contribution in [0.3, 0.4) is 0 Å². The molecule has 0 unspecified atom stereocenters. The van der Waals surface area contributed by atoms with E-state index in [-0.39, 0.29) is 24.3 Å². The van der Waals surface area contributed by atoms with Crippen molar-refractivity contribution in [2.75, 3.05) is 19.6 Å². The Morgan fingerprint density at radius 1 is 1.03 bits per heavy atom. The van der Waals surface area contributed by atoms with Gasteiger partial charge in [0.2, 0.25) is 5.91 Å². The highest BCUT2D eigenvalue weighted by molar-refractivity contribution is 5.97. The third kappa shape index (κ3) is 5.46. The summed E-state index contributed by atoms with van der Waals surface area (Å²) in [6, 6.07) is 16.6. The Labute approximate surface area is 192 Å². The monoisotopic (exact) mass is 445 g/mol. The standard InChI is InChI=1S/C25H27N5O3/c1-17-12-18(2)30(28-17)15-20-4-3-5-22(13-20)24(32)27-14-19-6-8-21(9-7-19)25(33)29-11-10-26-23(31)16-29/h3-9,12-13H,10-11,14-16H2,1-2H3,(H,26,31)(H,27,32). The number of amides is 3. The van der Waals surface area contributed by atoms with Gasteiger partial charge in [0.05, 0.1) is 18.8 Å². The highest BCUT2D eigenvalue weighted by Crippen LogP contribution is 2.12. The molecule has 1 aromatic heterocycles. The van der Waals surface area contributed by atoms with Gasteiger partial charge in [-0.15, -0.1) is 0 Å². The molecule has 1 fully saturated rings. The van der Waals surface area contributed by atoms with Crippen LogP contribution in [0.2, 0.25) is 0 Å². The molecule has 2 heterocycles. The Kier molecular flexibility index (Phi) is 6.53. The van der Waals surface area contributed by atoms with Crippen molar-refractivity contribution in [2.45, 2.75) is 26.9 Å². The lowest BCUT2D eigenvalue weighted by Gasteiger charge is -2.26. The van der Waals surface area contributed by atoms with Crippen LogP contribution in [0, 0.1) is 13.8 Å². The lowest BCUT2D eigenvalue weighted by Crippen LogP contribution is -2.49. The zero-order chi connectivity index (χ0) is 23.4. The summed E-state index contributed by atoms with van der Waals surface area (Å²) in [5.41, 5.74) is 5.04. The number of nitrogens with zero attached hydrogens (tertiary/aromatic N) is 3. The molecule has 1 saturated heterocycles. The Hall–Kier alpha value is -3.94. The van der Waals surface area contributed by atoms with Crippen LogP contribution in [0.4, 0.5) is 0 Å². The molecule has 1 aliphatic heterocycles. The van der Waals surface area contributed by atoms with Crippen molar-refractivity contribution >= 4 is 17.7 Å². The fourth-order valence-electron chi connectivity index (χ4n) is 3.86. The molecule has 0 spiro atoms. The number of rotatable bonds is 6. The highest BCUT2D eigenvalue weighted by atomic mass is 16.2. The lowest BCUT2D eigenvalue weighted by molar-refractivity contribution is -0.123. The lowest BCUT2D eigenvalue weighted by atomic mass is 10.1. The second-order valence-electron chi connectivity index (χ2n) is 8.24. The fraction of sp³-hybridized carbons (Fsp3) is 0.280. The van der Waals surface area contributed by atoms with Crippen molar-refractivity contribution in [3.8, 4) is 0 Å². The van der Waals surface area contributed by atoms with Gasteiger partial charge in [-0.2, -0.15) is 5.10 Å². The number of aryl methyl sites for hydroxylation is 2. The molecule has 33 heavy (non-hydrogen) atoms. The first-order valence-corrected chi connectivity index (χ1v) is 10.9. The first-order valence-electron chi connectivity index (χ1n) is 10.9. The molecule has 4 rings (SSSR count). The van der Waals surface area contributed by atoms with Gasteiger partial charge in [0.25, 0.3) is 11.8 Å².